The number of benzene rings is 1. The minimum Gasteiger partial charge on any atom is -0.494 e. The van der Waals surface area contributed by atoms with Crippen molar-refractivity contribution in [3.63, 3.8) is 0 Å². The van der Waals surface area contributed by atoms with Crippen LogP contribution < -0.4 is 15.4 Å². The van der Waals surface area contributed by atoms with E-state index in [-0.39, 0.29) is 0 Å². The van der Waals surface area contributed by atoms with E-state index in [0.29, 0.717) is 19.3 Å². The summed E-state index contributed by atoms with van der Waals surface area (Å²) in [5, 5.41) is 0. The normalized spacial score (nSPS) is 10.8. The summed E-state index contributed by atoms with van der Waals surface area (Å²) in [6.45, 7) is 8.61. The van der Waals surface area contributed by atoms with Gasteiger partial charge in [0.25, 0.3) is 0 Å². The molecule has 1 aromatic rings. The smallest absolute Gasteiger partial charge is 0.123 e. The molecule has 1 aromatic carbocycles. The molecular weight excluding hydrogens is 252 g/mol. The summed E-state index contributed by atoms with van der Waals surface area (Å²) in [6, 6.07) is 6.43. The Balaban J connectivity index is 3.04. The highest BCUT2D eigenvalue weighted by Gasteiger charge is 2.16. The van der Waals surface area contributed by atoms with Crippen molar-refractivity contribution in [2.45, 2.75) is 39.7 Å². The molecule has 0 unspecified atom stereocenters. The molecule has 20 heavy (non-hydrogen) atoms. The summed E-state index contributed by atoms with van der Waals surface area (Å²) in [4.78, 5) is 2.36. The van der Waals surface area contributed by atoms with Crippen LogP contribution >= 0.6 is 0 Å². The SMILES string of the molecule is CCOc1cc(N)cc(N(CCOC)C(CC)CC)c1. The molecule has 0 radical (unpaired) electrons. The second-order valence-corrected chi connectivity index (χ2v) is 4.85. The van der Waals surface area contributed by atoms with Gasteiger partial charge in [-0.2, -0.15) is 0 Å². The van der Waals surface area contributed by atoms with Crippen molar-refractivity contribution in [2.75, 3.05) is 37.5 Å². The van der Waals surface area contributed by atoms with Crippen molar-refractivity contribution in [1.82, 2.24) is 0 Å². The van der Waals surface area contributed by atoms with E-state index in [1.807, 2.05) is 19.1 Å². The van der Waals surface area contributed by atoms with E-state index >= 15 is 0 Å². The first-order valence-corrected chi connectivity index (χ1v) is 7.45. The lowest BCUT2D eigenvalue weighted by Crippen LogP contribution is -2.37. The second kappa shape index (κ2) is 8.69. The van der Waals surface area contributed by atoms with E-state index in [9.17, 15) is 0 Å². The molecule has 0 saturated heterocycles. The minimum absolute atomic E-state index is 0.487. The molecule has 0 aromatic heterocycles. The predicted molar refractivity (Wildman–Crippen MR) is 85.6 cm³/mol. The zero-order valence-corrected chi connectivity index (χ0v) is 13.2. The van der Waals surface area contributed by atoms with Crippen LogP contribution in [0.2, 0.25) is 0 Å². The first kappa shape index (κ1) is 16.6. The lowest BCUT2D eigenvalue weighted by molar-refractivity contribution is 0.202. The fourth-order valence-corrected chi connectivity index (χ4v) is 2.46. The zero-order valence-electron chi connectivity index (χ0n) is 13.2. The molecule has 0 saturated carbocycles. The molecule has 0 spiro atoms. The van der Waals surface area contributed by atoms with Crippen molar-refractivity contribution >= 4 is 11.4 Å². The van der Waals surface area contributed by atoms with Crippen molar-refractivity contribution in [1.29, 1.82) is 0 Å². The number of hydrogen-bond donors (Lipinski definition) is 1. The maximum atomic E-state index is 6.00. The number of rotatable bonds is 9. The lowest BCUT2D eigenvalue weighted by Gasteiger charge is -2.33. The molecular formula is C16H28N2O2. The van der Waals surface area contributed by atoms with Gasteiger partial charge in [0.1, 0.15) is 5.75 Å². The molecule has 0 aliphatic heterocycles. The summed E-state index contributed by atoms with van der Waals surface area (Å²) in [6.07, 6.45) is 2.19. The van der Waals surface area contributed by atoms with Crippen LogP contribution in [0.3, 0.4) is 0 Å². The fourth-order valence-electron chi connectivity index (χ4n) is 2.46. The van der Waals surface area contributed by atoms with Gasteiger partial charge < -0.3 is 20.1 Å². The number of anilines is 2. The summed E-state index contributed by atoms with van der Waals surface area (Å²) >= 11 is 0. The molecule has 0 heterocycles. The summed E-state index contributed by atoms with van der Waals surface area (Å²) in [7, 11) is 1.73. The Morgan fingerprint density at radius 1 is 1.15 bits per heavy atom. The fraction of sp³-hybridized carbons (Fsp3) is 0.625. The third-order valence-corrected chi connectivity index (χ3v) is 3.48. The quantitative estimate of drug-likeness (QED) is 0.705. The third kappa shape index (κ3) is 4.60. The Morgan fingerprint density at radius 3 is 2.40 bits per heavy atom. The Kier molecular flexibility index (Phi) is 7.23. The van der Waals surface area contributed by atoms with Crippen molar-refractivity contribution < 1.29 is 9.47 Å². The van der Waals surface area contributed by atoms with Crippen LogP contribution in [-0.2, 0) is 4.74 Å². The minimum atomic E-state index is 0.487. The topological polar surface area (TPSA) is 47.7 Å². The van der Waals surface area contributed by atoms with Crippen LogP contribution in [0.15, 0.2) is 18.2 Å². The predicted octanol–water partition coefficient (Wildman–Crippen LogP) is 3.31. The van der Waals surface area contributed by atoms with Gasteiger partial charge in [0, 0.05) is 43.2 Å². The van der Waals surface area contributed by atoms with E-state index < -0.39 is 0 Å². The molecule has 2 N–H and O–H groups in total. The number of nitrogens with zero attached hydrogens (tertiary/aromatic N) is 1. The number of hydrogen-bond acceptors (Lipinski definition) is 4. The number of methoxy groups -OCH3 is 1. The standard InChI is InChI=1S/C16H28N2O2/c1-5-14(6-2)18(8-9-19-4)15-10-13(17)11-16(12-15)20-7-3/h10-12,14H,5-9,17H2,1-4H3. The highest BCUT2D eigenvalue weighted by atomic mass is 16.5. The van der Waals surface area contributed by atoms with E-state index in [1.165, 1.54) is 0 Å². The number of nitrogens with two attached hydrogens (primary N) is 1. The van der Waals surface area contributed by atoms with Crippen LogP contribution in [0.5, 0.6) is 5.75 Å². The van der Waals surface area contributed by atoms with Gasteiger partial charge in [-0.25, -0.2) is 0 Å². The van der Waals surface area contributed by atoms with E-state index in [4.69, 9.17) is 15.2 Å². The largest absolute Gasteiger partial charge is 0.494 e. The van der Waals surface area contributed by atoms with Gasteiger partial charge in [-0.1, -0.05) is 13.8 Å². The van der Waals surface area contributed by atoms with Crippen LogP contribution in [0.25, 0.3) is 0 Å². The summed E-state index contributed by atoms with van der Waals surface area (Å²) in [5.74, 6) is 0.830. The van der Waals surface area contributed by atoms with Crippen LogP contribution in [0.4, 0.5) is 11.4 Å². The van der Waals surface area contributed by atoms with Gasteiger partial charge in [0.15, 0.2) is 0 Å². The highest BCUT2D eigenvalue weighted by Crippen LogP contribution is 2.28. The van der Waals surface area contributed by atoms with Crippen LogP contribution in [0.1, 0.15) is 33.6 Å². The van der Waals surface area contributed by atoms with E-state index in [0.717, 1.165) is 36.5 Å². The Bertz CT molecular complexity index is 392. The third-order valence-electron chi connectivity index (χ3n) is 3.48. The summed E-state index contributed by atoms with van der Waals surface area (Å²) in [5.41, 5.74) is 7.85. The average molecular weight is 280 g/mol. The van der Waals surface area contributed by atoms with Gasteiger partial charge in [0.05, 0.1) is 13.2 Å². The Morgan fingerprint density at radius 2 is 1.85 bits per heavy atom. The molecule has 0 bridgehead atoms. The van der Waals surface area contributed by atoms with Gasteiger partial charge in [-0.3, -0.25) is 0 Å². The molecule has 0 atom stereocenters. The van der Waals surface area contributed by atoms with E-state index in [2.05, 4.69) is 24.8 Å². The summed E-state index contributed by atoms with van der Waals surface area (Å²) < 4.78 is 10.8. The average Bonchev–Trinajstić information content (AvgIpc) is 2.43. The van der Waals surface area contributed by atoms with Crippen molar-refractivity contribution in [2.24, 2.45) is 0 Å². The lowest BCUT2D eigenvalue weighted by atomic mass is 10.1. The van der Waals surface area contributed by atoms with Gasteiger partial charge in [-0.05, 0) is 25.8 Å². The molecule has 0 aliphatic rings. The van der Waals surface area contributed by atoms with E-state index in [1.54, 1.807) is 7.11 Å². The maximum absolute atomic E-state index is 6.00. The second-order valence-electron chi connectivity index (χ2n) is 4.85. The molecule has 4 heteroatoms. The molecule has 0 amide bonds. The van der Waals surface area contributed by atoms with Crippen molar-refractivity contribution in [3.8, 4) is 5.75 Å². The van der Waals surface area contributed by atoms with Crippen LogP contribution in [0, 0.1) is 0 Å². The Labute approximate surface area is 122 Å². The number of nitrogen functional groups attached to an aromatic ring is 1. The zero-order chi connectivity index (χ0) is 15.0. The van der Waals surface area contributed by atoms with Gasteiger partial charge >= 0.3 is 0 Å². The van der Waals surface area contributed by atoms with Gasteiger partial charge in [0.2, 0.25) is 0 Å². The Hall–Kier alpha value is -1.42. The first-order chi connectivity index (χ1) is 9.65. The highest BCUT2D eigenvalue weighted by molar-refractivity contribution is 5.61. The van der Waals surface area contributed by atoms with Crippen molar-refractivity contribution in [3.05, 3.63) is 18.2 Å². The molecule has 1 rings (SSSR count). The molecule has 4 nitrogen and oxygen atoms in total. The molecule has 0 aliphatic carbocycles. The van der Waals surface area contributed by atoms with Crippen LogP contribution in [-0.4, -0.2) is 32.9 Å². The molecule has 114 valence electrons. The maximum Gasteiger partial charge on any atom is 0.123 e. The van der Waals surface area contributed by atoms with Gasteiger partial charge in [-0.15, -0.1) is 0 Å². The first-order valence-electron chi connectivity index (χ1n) is 7.45. The monoisotopic (exact) mass is 280 g/mol. The number of ether oxygens (including phenoxy) is 2. The molecule has 0 fully saturated rings.